The maximum atomic E-state index is 12.4. The maximum absolute atomic E-state index is 12.4. The lowest BCUT2D eigenvalue weighted by Crippen LogP contribution is -2.36. The van der Waals surface area contributed by atoms with Crippen LogP contribution in [0.15, 0.2) is 18.2 Å². The van der Waals surface area contributed by atoms with Gasteiger partial charge < -0.3 is 19.8 Å². The first-order chi connectivity index (χ1) is 9.93. The Morgan fingerprint density at radius 3 is 2.62 bits per heavy atom. The van der Waals surface area contributed by atoms with Crippen LogP contribution < -0.4 is 4.74 Å². The first kappa shape index (κ1) is 15.2. The second-order valence-electron chi connectivity index (χ2n) is 5.30. The minimum absolute atomic E-state index is 0.160. The number of amides is 1. The van der Waals surface area contributed by atoms with Gasteiger partial charge in [0, 0.05) is 19.2 Å². The molecule has 1 fully saturated rings. The zero-order chi connectivity index (χ0) is 15.6. The number of hydrogen-bond acceptors (Lipinski definition) is 4. The molecule has 114 valence electrons. The molecule has 1 amide bonds. The summed E-state index contributed by atoms with van der Waals surface area (Å²) >= 11 is 0. The molecule has 2 rings (SSSR count). The number of ether oxygens (including phenoxy) is 1. The maximum Gasteiger partial charge on any atom is 0.311 e. The molecule has 6 heteroatoms. The van der Waals surface area contributed by atoms with Crippen molar-refractivity contribution in [1.82, 2.24) is 4.90 Å². The van der Waals surface area contributed by atoms with Crippen LogP contribution >= 0.6 is 0 Å². The fourth-order valence-corrected chi connectivity index (χ4v) is 2.65. The lowest BCUT2D eigenvalue weighted by molar-refractivity contribution is -0.148. The lowest BCUT2D eigenvalue weighted by atomic mass is 9.84. The van der Waals surface area contributed by atoms with E-state index in [1.165, 1.54) is 24.1 Å². The van der Waals surface area contributed by atoms with Gasteiger partial charge in [-0.05, 0) is 25.0 Å². The van der Waals surface area contributed by atoms with Crippen molar-refractivity contribution in [2.75, 3.05) is 20.2 Å². The van der Waals surface area contributed by atoms with Gasteiger partial charge in [-0.2, -0.15) is 0 Å². The summed E-state index contributed by atoms with van der Waals surface area (Å²) in [7, 11) is 1.47. The SMILES string of the molecule is CCC1(C(=O)O)CCN(C(=O)c2ccc(OC)cc2O)C1. The number of phenolic OH excluding ortho intramolecular Hbond substituents is 1. The number of rotatable bonds is 4. The Hall–Kier alpha value is -2.24. The van der Waals surface area contributed by atoms with E-state index in [1.807, 2.05) is 6.92 Å². The summed E-state index contributed by atoms with van der Waals surface area (Å²) in [5, 5.41) is 19.3. The van der Waals surface area contributed by atoms with Crippen molar-refractivity contribution in [2.45, 2.75) is 19.8 Å². The van der Waals surface area contributed by atoms with Crippen LogP contribution in [0, 0.1) is 5.41 Å². The number of nitrogens with zero attached hydrogens (tertiary/aromatic N) is 1. The van der Waals surface area contributed by atoms with Crippen LogP contribution in [-0.2, 0) is 4.79 Å². The highest BCUT2D eigenvalue weighted by atomic mass is 16.5. The molecular weight excluding hydrogens is 274 g/mol. The standard InChI is InChI=1S/C15H19NO5/c1-3-15(14(19)20)6-7-16(9-15)13(18)11-5-4-10(21-2)8-12(11)17/h4-5,8,17H,3,6-7,9H2,1-2H3,(H,19,20). The van der Waals surface area contributed by atoms with Gasteiger partial charge in [-0.15, -0.1) is 0 Å². The van der Waals surface area contributed by atoms with Crippen molar-refractivity contribution in [3.63, 3.8) is 0 Å². The molecule has 1 heterocycles. The Morgan fingerprint density at radius 1 is 1.43 bits per heavy atom. The average Bonchev–Trinajstić information content (AvgIpc) is 2.92. The van der Waals surface area contributed by atoms with E-state index in [0.29, 0.717) is 25.1 Å². The number of carboxylic acids is 1. The fourth-order valence-electron chi connectivity index (χ4n) is 2.65. The minimum Gasteiger partial charge on any atom is -0.507 e. The molecule has 1 aliphatic rings. The highest BCUT2D eigenvalue weighted by Crippen LogP contribution is 2.36. The van der Waals surface area contributed by atoms with Gasteiger partial charge >= 0.3 is 5.97 Å². The summed E-state index contributed by atoms with van der Waals surface area (Å²) in [5.41, 5.74) is -0.717. The molecule has 21 heavy (non-hydrogen) atoms. The van der Waals surface area contributed by atoms with E-state index in [-0.39, 0.29) is 23.8 Å². The van der Waals surface area contributed by atoms with Crippen molar-refractivity contribution >= 4 is 11.9 Å². The number of phenols is 1. The summed E-state index contributed by atoms with van der Waals surface area (Å²) in [6.45, 7) is 2.36. The van der Waals surface area contributed by atoms with E-state index in [4.69, 9.17) is 4.74 Å². The highest BCUT2D eigenvalue weighted by Gasteiger charge is 2.45. The van der Waals surface area contributed by atoms with E-state index < -0.39 is 11.4 Å². The number of likely N-dealkylation sites (tertiary alicyclic amines) is 1. The van der Waals surface area contributed by atoms with E-state index in [2.05, 4.69) is 0 Å². The molecule has 2 N–H and O–H groups in total. The quantitative estimate of drug-likeness (QED) is 0.882. The predicted molar refractivity (Wildman–Crippen MR) is 75.5 cm³/mol. The normalized spacial score (nSPS) is 21.3. The lowest BCUT2D eigenvalue weighted by Gasteiger charge is -2.23. The second-order valence-corrected chi connectivity index (χ2v) is 5.30. The van der Waals surface area contributed by atoms with E-state index >= 15 is 0 Å². The van der Waals surface area contributed by atoms with Crippen LogP contribution in [0.5, 0.6) is 11.5 Å². The summed E-state index contributed by atoms with van der Waals surface area (Å²) < 4.78 is 4.97. The van der Waals surface area contributed by atoms with Gasteiger partial charge in [-0.1, -0.05) is 6.92 Å². The molecule has 1 unspecified atom stereocenters. The van der Waals surface area contributed by atoms with Gasteiger partial charge in [-0.3, -0.25) is 9.59 Å². The number of aromatic hydroxyl groups is 1. The molecule has 1 aliphatic heterocycles. The molecule has 0 radical (unpaired) electrons. The first-order valence-electron chi connectivity index (χ1n) is 6.83. The fraction of sp³-hybridized carbons (Fsp3) is 0.467. The molecule has 1 aromatic rings. The van der Waals surface area contributed by atoms with Crippen LogP contribution in [0.4, 0.5) is 0 Å². The van der Waals surface area contributed by atoms with Crippen LogP contribution in [0.1, 0.15) is 30.1 Å². The molecular formula is C15H19NO5. The second kappa shape index (κ2) is 5.63. The number of carbonyl (C=O) groups excluding carboxylic acids is 1. The molecule has 0 aliphatic carbocycles. The summed E-state index contributed by atoms with van der Waals surface area (Å²) in [5.74, 6) is -0.937. The number of methoxy groups -OCH3 is 1. The van der Waals surface area contributed by atoms with E-state index in [1.54, 1.807) is 6.07 Å². The number of aliphatic carboxylic acids is 1. The third-order valence-electron chi connectivity index (χ3n) is 4.21. The molecule has 0 spiro atoms. The smallest absolute Gasteiger partial charge is 0.311 e. The summed E-state index contributed by atoms with van der Waals surface area (Å²) in [6, 6.07) is 4.45. The van der Waals surface area contributed by atoms with Crippen molar-refractivity contribution < 1.29 is 24.5 Å². The topological polar surface area (TPSA) is 87.1 Å². The van der Waals surface area contributed by atoms with Gasteiger partial charge in [-0.25, -0.2) is 0 Å². The molecule has 1 atom stereocenters. The Labute approximate surface area is 122 Å². The number of benzene rings is 1. The molecule has 0 bridgehead atoms. The van der Waals surface area contributed by atoms with Crippen LogP contribution in [0.3, 0.4) is 0 Å². The van der Waals surface area contributed by atoms with Crippen LogP contribution in [-0.4, -0.2) is 47.2 Å². The van der Waals surface area contributed by atoms with Crippen molar-refractivity contribution in [1.29, 1.82) is 0 Å². The van der Waals surface area contributed by atoms with E-state index in [0.717, 1.165) is 0 Å². The van der Waals surface area contributed by atoms with E-state index in [9.17, 15) is 19.8 Å². The Kier molecular flexibility index (Phi) is 4.06. The first-order valence-corrected chi connectivity index (χ1v) is 6.83. The minimum atomic E-state index is -0.877. The molecule has 0 saturated carbocycles. The Bertz CT molecular complexity index is 571. The van der Waals surface area contributed by atoms with Gasteiger partial charge in [0.2, 0.25) is 0 Å². The summed E-state index contributed by atoms with van der Waals surface area (Å²) in [6.07, 6.45) is 0.905. The zero-order valence-corrected chi connectivity index (χ0v) is 12.1. The summed E-state index contributed by atoms with van der Waals surface area (Å²) in [4.78, 5) is 25.3. The van der Waals surface area contributed by atoms with Gasteiger partial charge in [0.15, 0.2) is 0 Å². The number of carboxylic acid groups (broad SMARTS) is 1. The predicted octanol–water partition coefficient (Wildman–Crippen LogP) is 1.73. The van der Waals surface area contributed by atoms with Gasteiger partial charge in [0.25, 0.3) is 5.91 Å². The molecule has 1 aromatic carbocycles. The zero-order valence-electron chi connectivity index (χ0n) is 12.1. The van der Waals surface area contributed by atoms with Crippen molar-refractivity contribution in [2.24, 2.45) is 5.41 Å². The third kappa shape index (κ3) is 2.66. The van der Waals surface area contributed by atoms with Crippen molar-refractivity contribution in [3.05, 3.63) is 23.8 Å². The monoisotopic (exact) mass is 293 g/mol. The average molecular weight is 293 g/mol. The molecule has 6 nitrogen and oxygen atoms in total. The molecule has 0 aromatic heterocycles. The Balaban J connectivity index is 2.21. The number of hydrogen-bond donors (Lipinski definition) is 2. The largest absolute Gasteiger partial charge is 0.507 e. The van der Waals surface area contributed by atoms with Crippen LogP contribution in [0.2, 0.25) is 0 Å². The highest BCUT2D eigenvalue weighted by molar-refractivity contribution is 5.97. The Morgan fingerprint density at radius 2 is 2.14 bits per heavy atom. The number of carbonyl (C=O) groups is 2. The molecule has 1 saturated heterocycles. The third-order valence-corrected chi connectivity index (χ3v) is 4.21. The van der Waals surface area contributed by atoms with Gasteiger partial charge in [0.05, 0.1) is 18.1 Å². The van der Waals surface area contributed by atoms with Gasteiger partial charge in [0.1, 0.15) is 11.5 Å². The van der Waals surface area contributed by atoms with Crippen LogP contribution in [0.25, 0.3) is 0 Å². The van der Waals surface area contributed by atoms with Crippen molar-refractivity contribution in [3.8, 4) is 11.5 Å².